The summed E-state index contributed by atoms with van der Waals surface area (Å²) in [6.45, 7) is 10.4. The summed E-state index contributed by atoms with van der Waals surface area (Å²) in [7, 11) is 0. The van der Waals surface area contributed by atoms with Gasteiger partial charge in [0.15, 0.2) is 0 Å². The van der Waals surface area contributed by atoms with Gasteiger partial charge in [0, 0.05) is 67.2 Å². The standard InChI is InChI=1S/C29H24N3.C12H10N.Ir/c1-18-10-13-31-28(14-18)23-7-5-6-22(16-23)24-8-9-26(25-11-12-30-17-27(24)25)29-19(2)15-20(3)32-21(29)4;1-10-7-8-13-12(9-10)11-5-3-2-4-6-11;/h5-6,8-17H,1-4H3;2-5,7-9H,1H3;/q2*-1;. The molecule has 4 heterocycles. The maximum absolute atomic E-state index is 4.72. The molecule has 0 aliphatic heterocycles. The Morgan fingerprint density at radius 2 is 1.28 bits per heavy atom. The van der Waals surface area contributed by atoms with Gasteiger partial charge >= 0.3 is 0 Å². The van der Waals surface area contributed by atoms with Gasteiger partial charge in [-0.05, 0) is 92.3 Å². The number of pyridine rings is 4. The fraction of sp³-hybridized carbons (Fsp3) is 0.122. The second-order valence-corrected chi connectivity index (χ2v) is 11.3. The van der Waals surface area contributed by atoms with Crippen molar-refractivity contribution in [3.05, 3.63) is 156 Å². The molecule has 229 valence electrons. The van der Waals surface area contributed by atoms with E-state index in [1.54, 1.807) is 0 Å². The van der Waals surface area contributed by atoms with Gasteiger partial charge in [-0.3, -0.25) is 9.97 Å². The van der Waals surface area contributed by atoms with Crippen LogP contribution in [0.2, 0.25) is 0 Å². The number of rotatable bonds is 4. The molecule has 0 spiro atoms. The number of aromatic nitrogens is 4. The van der Waals surface area contributed by atoms with E-state index in [2.05, 4.69) is 103 Å². The molecule has 0 fully saturated rings. The van der Waals surface area contributed by atoms with Crippen molar-refractivity contribution >= 4 is 10.8 Å². The maximum atomic E-state index is 4.72. The molecule has 1 radical (unpaired) electrons. The number of hydrogen-bond acceptors (Lipinski definition) is 4. The Hall–Kier alpha value is -4.83. The molecule has 5 heteroatoms. The van der Waals surface area contributed by atoms with E-state index in [0.717, 1.165) is 50.4 Å². The van der Waals surface area contributed by atoms with E-state index in [4.69, 9.17) is 4.98 Å². The van der Waals surface area contributed by atoms with Crippen LogP contribution in [0.25, 0.3) is 55.5 Å². The van der Waals surface area contributed by atoms with Crippen LogP contribution in [-0.2, 0) is 20.1 Å². The Balaban J connectivity index is 0.000000250. The number of benzene rings is 3. The zero-order chi connectivity index (χ0) is 31.3. The smallest absolute Gasteiger partial charge is 0.0457 e. The van der Waals surface area contributed by atoms with E-state index >= 15 is 0 Å². The van der Waals surface area contributed by atoms with Crippen LogP contribution in [0.5, 0.6) is 0 Å². The van der Waals surface area contributed by atoms with Crippen LogP contribution < -0.4 is 0 Å². The van der Waals surface area contributed by atoms with Crippen molar-refractivity contribution < 1.29 is 20.1 Å². The van der Waals surface area contributed by atoms with Crippen LogP contribution >= 0.6 is 0 Å². The monoisotopic (exact) mass is 775 g/mol. The van der Waals surface area contributed by atoms with E-state index < -0.39 is 0 Å². The van der Waals surface area contributed by atoms with Gasteiger partial charge in [-0.1, -0.05) is 35.4 Å². The first-order valence-corrected chi connectivity index (χ1v) is 15.0. The molecule has 0 aliphatic carbocycles. The van der Waals surface area contributed by atoms with Crippen LogP contribution in [0.1, 0.15) is 28.1 Å². The molecule has 0 N–H and O–H groups in total. The van der Waals surface area contributed by atoms with Crippen LogP contribution in [-0.4, -0.2) is 19.9 Å². The summed E-state index contributed by atoms with van der Waals surface area (Å²) < 4.78 is 0. The van der Waals surface area contributed by atoms with E-state index in [0.29, 0.717) is 0 Å². The van der Waals surface area contributed by atoms with E-state index in [-0.39, 0.29) is 20.1 Å². The summed E-state index contributed by atoms with van der Waals surface area (Å²) >= 11 is 0. The first-order chi connectivity index (χ1) is 21.9. The van der Waals surface area contributed by atoms with Gasteiger partial charge in [-0.25, -0.2) is 0 Å². The van der Waals surface area contributed by atoms with Crippen molar-refractivity contribution in [2.75, 3.05) is 0 Å². The number of nitrogens with zero attached hydrogens (tertiary/aromatic N) is 4. The molecular formula is C41H34IrN4-2. The molecule has 0 amide bonds. The number of fused-ring (bicyclic) bond motifs is 1. The van der Waals surface area contributed by atoms with Crippen LogP contribution in [0.15, 0.2) is 116 Å². The third-order valence-electron chi connectivity index (χ3n) is 7.82. The largest absolute Gasteiger partial charge is 0.305 e. The Morgan fingerprint density at radius 3 is 1.96 bits per heavy atom. The van der Waals surface area contributed by atoms with Gasteiger partial charge in [0.05, 0.1) is 0 Å². The molecule has 0 unspecified atom stereocenters. The summed E-state index contributed by atoms with van der Waals surface area (Å²) in [6, 6.07) is 37.4. The van der Waals surface area contributed by atoms with Crippen molar-refractivity contribution in [2.45, 2.75) is 34.6 Å². The van der Waals surface area contributed by atoms with Gasteiger partial charge in [0.1, 0.15) is 0 Å². The molecule has 4 nitrogen and oxygen atoms in total. The molecular weight excluding hydrogens is 741 g/mol. The molecule has 0 aliphatic rings. The summed E-state index contributed by atoms with van der Waals surface area (Å²) in [5.74, 6) is 0. The first kappa shape index (κ1) is 32.6. The van der Waals surface area contributed by atoms with Gasteiger partial charge in [0.2, 0.25) is 0 Å². The SMILES string of the molecule is Cc1ccnc(-c2[c-]ccc(-c3ccc(-c4c(C)cc(C)nc4C)c4ccncc34)c2)c1.Cc1ccnc(-c2[c-]cccc2)c1.[Ir]. The molecule has 7 aromatic rings. The van der Waals surface area contributed by atoms with Crippen LogP contribution in [0, 0.1) is 46.8 Å². The molecule has 4 aromatic heterocycles. The second-order valence-electron chi connectivity index (χ2n) is 11.3. The van der Waals surface area contributed by atoms with Gasteiger partial charge < -0.3 is 9.97 Å². The van der Waals surface area contributed by atoms with Crippen molar-refractivity contribution in [2.24, 2.45) is 0 Å². The van der Waals surface area contributed by atoms with Crippen molar-refractivity contribution in [3.63, 3.8) is 0 Å². The molecule has 46 heavy (non-hydrogen) atoms. The predicted molar refractivity (Wildman–Crippen MR) is 185 cm³/mol. The minimum Gasteiger partial charge on any atom is -0.305 e. The first-order valence-electron chi connectivity index (χ1n) is 15.0. The van der Waals surface area contributed by atoms with Crippen LogP contribution in [0.4, 0.5) is 0 Å². The summed E-state index contributed by atoms with van der Waals surface area (Å²) in [5, 5.41) is 2.30. The average Bonchev–Trinajstić information content (AvgIpc) is 3.05. The molecule has 0 atom stereocenters. The Bertz CT molecular complexity index is 2100. The van der Waals surface area contributed by atoms with Crippen molar-refractivity contribution in [1.29, 1.82) is 0 Å². The van der Waals surface area contributed by atoms with Gasteiger partial charge in [-0.15, -0.1) is 71.3 Å². The fourth-order valence-corrected chi connectivity index (χ4v) is 5.79. The number of hydrogen-bond donors (Lipinski definition) is 0. The number of aryl methyl sites for hydroxylation is 5. The Kier molecular flexibility index (Phi) is 10.3. The predicted octanol–water partition coefficient (Wildman–Crippen LogP) is 9.91. The van der Waals surface area contributed by atoms with Crippen molar-refractivity contribution in [1.82, 2.24) is 19.9 Å². The summed E-state index contributed by atoms with van der Waals surface area (Å²) in [4.78, 5) is 18.0. The molecule has 0 saturated heterocycles. The van der Waals surface area contributed by atoms with Gasteiger partial charge in [0.25, 0.3) is 0 Å². The third kappa shape index (κ3) is 7.18. The third-order valence-corrected chi connectivity index (χ3v) is 7.82. The Labute approximate surface area is 285 Å². The molecule has 3 aromatic carbocycles. The Morgan fingerprint density at radius 1 is 0.587 bits per heavy atom. The summed E-state index contributed by atoms with van der Waals surface area (Å²) in [5.41, 5.74) is 14.4. The zero-order valence-corrected chi connectivity index (χ0v) is 29.0. The topological polar surface area (TPSA) is 51.6 Å². The minimum atomic E-state index is 0. The zero-order valence-electron chi connectivity index (χ0n) is 26.6. The maximum Gasteiger partial charge on any atom is 0.0457 e. The van der Waals surface area contributed by atoms with Gasteiger partial charge in [-0.2, -0.15) is 0 Å². The average molecular weight is 775 g/mol. The van der Waals surface area contributed by atoms with E-state index in [9.17, 15) is 0 Å². The summed E-state index contributed by atoms with van der Waals surface area (Å²) in [6.07, 6.45) is 7.50. The second kappa shape index (κ2) is 14.5. The molecule has 0 bridgehead atoms. The normalized spacial score (nSPS) is 10.5. The molecule has 0 saturated carbocycles. The fourth-order valence-electron chi connectivity index (χ4n) is 5.79. The molecule has 7 rings (SSSR count). The van der Waals surface area contributed by atoms with E-state index in [1.165, 1.54) is 33.2 Å². The van der Waals surface area contributed by atoms with Crippen molar-refractivity contribution in [3.8, 4) is 44.8 Å². The minimum absolute atomic E-state index is 0. The van der Waals surface area contributed by atoms with Crippen LogP contribution in [0.3, 0.4) is 0 Å². The quantitative estimate of drug-likeness (QED) is 0.167. The van der Waals surface area contributed by atoms with E-state index in [1.807, 2.05) is 74.2 Å².